The van der Waals surface area contributed by atoms with Gasteiger partial charge in [0.2, 0.25) is 0 Å². The number of carbonyl (C=O) groups is 1. The Morgan fingerprint density at radius 2 is 2.00 bits per heavy atom. The Morgan fingerprint density at radius 3 is 2.50 bits per heavy atom. The van der Waals surface area contributed by atoms with Gasteiger partial charge in [-0.3, -0.25) is 4.79 Å². The lowest BCUT2D eigenvalue weighted by molar-refractivity contribution is -0.140. The van der Waals surface area contributed by atoms with E-state index in [0.29, 0.717) is 0 Å². The molecule has 0 aliphatic carbocycles. The van der Waals surface area contributed by atoms with Gasteiger partial charge in [0, 0.05) is 6.42 Å². The number of aryl methyl sites for hydroxylation is 1. The highest BCUT2D eigenvalue weighted by Crippen LogP contribution is 2.37. The number of hydrogen-bond acceptors (Lipinski definition) is 1. The number of benzene rings is 1. The van der Waals surface area contributed by atoms with E-state index in [2.05, 4.69) is 0 Å². The SMILES string of the molecule is O=C(O)CCc1cccc(Cl)c1C(F)(F)F. The molecule has 0 aromatic heterocycles. The van der Waals surface area contributed by atoms with Gasteiger partial charge in [0.1, 0.15) is 0 Å². The maximum atomic E-state index is 12.6. The van der Waals surface area contributed by atoms with Crippen molar-refractivity contribution in [1.29, 1.82) is 0 Å². The van der Waals surface area contributed by atoms with Crippen LogP contribution in [0.1, 0.15) is 17.5 Å². The lowest BCUT2D eigenvalue weighted by atomic mass is 10.0. The fraction of sp³-hybridized carbons (Fsp3) is 0.300. The number of alkyl halides is 3. The van der Waals surface area contributed by atoms with E-state index in [1.54, 1.807) is 0 Å². The zero-order valence-corrected chi connectivity index (χ0v) is 8.77. The summed E-state index contributed by atoms with van der Waals surface area (Å²) in [5.41, 5.74) is -1.04. The maximum absolute atomic E-state index is 12.6. The van der Waals surface area contributed by atoms with Crippen molar-refractivity contribution in [2.75, 3.05) is 0 Å². The predicted molar refractivity (Wildman–Crippen MR) is 52.4 cm³/mol. The van der Waals surface area contributed by atoms with Crippen LogP contribution in [0, 0.1) is 0 Å². The zero-order valence-electron chi connectivity index (χ0n) is 8.01. The van der Waals surface area contributed by atoms with Crippen LogP contribution in [0.4, 0.5) is 13.2 Å². The van der Waals surface area contributed by atoms with E-state index in [1.165, 1.54) is 12.1 Å². The largest absolute Gasteiger partial charge is 0.481 e. The first-order valence-electron chi connectivity index (χ1n) is 4.38. The monoisotopic (exact) mass is 252 g/mol. The van der Waals surface area contributed by atoms with Gasteiger partial charge in [-0.1, -0.05) is 23.7 Å². The minimum Gasteiger partial charge on any atom is -0.481 e. The average molecular weight is 253 g/mol. The molecule has 0 spiro atoms. The van der Waals surface area contributed by atoms with E-state index in [1.807, 2.05) is 0 Å². The fourth-order valence-electron chi connectivity index (χ4n) is 1.34. The Balaban J connectivity index is 3.08. The first kappa shape index (κ1) is 12.8. The molecule has 0 atom stereocenters. The highest BCUT2D eigenvalue weighted by Gasteiger charge is 2.35. The molecule has 0 saturated carbocycles. The Morgan fingerprint density at radius 1 is 1.38 bits per heavy atom. The third-order valence-corrected chi connectivity index (χ3v) is 2.31. The van der Waals surface area contributed by atoms with Crippen LogP contribution in [0.3, 0.4) is 0 Å². The summed E-state index contributed by atoms with van der Waals surface area (Å²) in [5.74, 6) is -1.15. The molecule has 0 unspecified atom stereocenters. The predicted octanol–water partition coefficient (Wildman–Crippen LogP) is 3.38. The van der Waals surface area contributed by atoms with Crippen molar-refractivity contribution in [2.24, 2.45) is 0 Å². The second-order valence-electron chi connectivity index (χ2n) is 3.17. The lowest BCUT2D eigenvalue weighted by Crippen LogP contribution is -2.11. The molecule has 2 nitrogen and oxygen atoms in total. The fourth-order valence-corrected chi connectivity index (χ4v) is 1.64. The van der Waals surface area contributed by atoms with Crippen molar-refractivity contribution >= 4 is 17.6 Å². The molecule has 0 amide bonds. The van der Waals surface area contributed by atoms with Crippen LogP contribution in [0.15, 0.2) is 18.2 Å². The van der Waals surface area contributed by atoms with Gasteiger partial charge in [0.25, 0.3) is 0 Å². The first-order valence-corrected chi connectivity index (χ1v) is 4.76. The Bertz CT molecular complexity index is 402. The third-order valence-electron chi connectivity index (χ3n) is 1.99. The van der Waals surface area contributed by atoms with Crippen molar-refractivity contribution in [1.82, 2.24) is 0 Å². The molecule has 1 N–H and O–H groups in total. The van der Waals surface area contributed by atoms with E-state index in [-0.39, 0.29) is 18.4 Å². The summed E-state index contributed by atoms with van der Waals surface area (Å²) < 4.78 is 37.8. The van der Waals surface area contributed by atoms with Crippen molar-refractivity contribution < 1.29 is 23.1 Å². The number of rotatable bonds is 3. The molecular weight excluding hydrogens is 245 g/mol. The van der Waals surface area contributed by atoms with Crippen LogP contribution in [-0.4, -0.2) is 11.1 Å². The standard InChI is InChI=1S/C10H8ClF3O2/c11-7-3-1-2-6(4-5-8(15)16)9(7)10(12,13)14/h1-3H,4-5H2,(H,15,16). The highest BCUT2D eigenvalue weighted by atomic mass is 35.5. The number of carboxylic acid groups (broad SMARTS) is 1. The van der Waals surface area contributed by atoms with Gasteiger partial charge in [0.15, 0.2) is 0 Å². The van der Waals surface area contributed by atoms with Crippen molar-refractivity contribution in [3.05, 3.63) is 34.3 Å². The van der Waals surface area contributed by atoms with Crippen LogP contribution in [0.2, 0.25) is 5.02 Å². The van der Waals surface area contributed by atoms with Crippen molar-refractivity contribution in [2.45, 2.75) is 19.0 Å². The summed E-state index contributed by atoms with van der Waals surface area (Å²) in [6.07, 6.45) is -5.11. The molecular formula is C10H8ClF3O2. The Labute approximate surface area is 94.6 Å². The van der Waals surface area contributed by atoms with E-state index >= 15 is 0 Å². The topological polar surface area (TPSA) is 37.3 Å². The number of hydrogen-bond donors (Lipinski definition) is 1. The molecule has 1 aromatic carbocycles. The minimum atomic E-state index is -4.56. The molecule has 1 aromatic rings. The molecule has 0 radical (unpaired) electrons. The van der Waals surface area contributed by atoms with E-state index in [9.17, 15) is 18.0 Å². The van der Waals surface area contributed by atoms with E-state index in [0.717, 1.165) is 6.07 Å². The molecule has 0 saturated heterocycles. The Hall–Kier alpha value is -1.23. The summed E-state index contributed by atoms with van der Waals surface area (Å²) in [5, 5.41) is 8.02. The summed E-state index contributed by atoms with van der Waals surface area (Å²) in [6.45, 7) is 0. The highest BCUT2D eigenvalue weighted by molar-refractivity contribution is 6.31. The molecule has 88 valence electrons. The molecule has 1 rings (SSSR count). The number of aliphatic carboxylic acids is 1. The van der Waals surface area contributed by atoms with Gasteiger partial charge in [-0.25, -0.2) is 0 Å². The first-order chi connectivity index (χ1) is 7.32. The van der Waals surface area contributed by atoms with Crippen molar-refractivity contribution in [3.63, 3.8) is 0 Å². The number of carboxylic acids is 1. The van der Waals surface area contributed by atoms with Crippen LogP contribution in [0.25, 0.3) is 0 Å². The molecule has 0 heterocycles. The van der Waals surface area contributed by atoms with Crippen LogP contribution in [-0.2, 0) is 17.4 Å². The van der Waals surface area contributed by atoms with Gasteiger partial charge >= 0.3 is 12.1 Å². The summed E-state index contributed by atoms with van der Waals surface area (Å²) in [6, 6.07) is 3.74. The van der Waals surface area contributed by atoms with Crippen LogP contribution >= 0.6 is 11.6 Å². The molecule has 16 heavy (non-hydrogen) atoms. The van der Waals surface area contributed by atoms with E-state index in [4.69, 9.17) is 16.7 Å². The average Bonchev–Trinajstić information content (AvgIpc) is 2.12. The molecule has 6 heteroatoms. The van der Waals surface area contributed by atoms with Gasteiger partial charge in [0.05, 0.1) is 10.6 Å². The minimum absolute atomic E-state index is 0.0950. The third kappa shape index (κ3) is 3.13. The maximum Gasteiger partial charge on any atom is 0.418 e. The second kappa shape index (κ2) is 4.74. The Kier molecular flexibility index (Phi) is 3.80. The van der Waals surface area contributed by atoms with Crippen LogP contribution < -0.4 is 0 Å². The normalized spacial score (nSPS) is 11.5. The van der Waals surface area contributed by atoms with Gasteiger partial charge in [-0.05, 0) is 18.1 Å². The molecule has 0 aliphatic rings. The molecule has 0 bridgehead atoms. The number of halogens is 4. The molecule has 0 aliphatic heterocycles. The zero-order chi connectivity index (χ0) is 12.3. The second-order valence-corrected chi connectivity index (χ2v) is 3.57. The smallest absolute Gasteiger partial charge is 0.418 e. The quantitative estimate of drug-likeness (QED) is 0.895. The van der Waals surface area contributed by atoms with Crippen molar-refractivity contribution in [3.8, 4) is 0 Å². The van der Waals surface area contributed by atoms with Gasteiger partial charge in [-0.15, -0.1) is 0 Å². The summed E-state index contributed by atoms with van der Waals surface area (Å²) >= 11 is 5.46. The van der Waals surface area contributed by atoms with Gasteiger partial charge in [-0.2, -0.15) is 13.2 Å². The summed E-state index contributed by atoms with van der Waals surface area (Å²) in [7, 11) is 0. The summed E-state index contributed by atoms with van der Waals surface area (Å²) in [4.78, 5) is 10.3. The molecule has 0 fully saturated rings. The van der Waals surface area contributed by atoms with Crippen LogP contribution in [0.5, 0.6) is 0 Å². The lowest BCUT2D eigenvalue weighted by Gasteiger charge is -2.13. The van der Waals surface area contributed by atoms with Gasteiger partial charge < -0.3 is 5.11 Å². The van der Waals surface area contributed by atoms with E-state index < -0.39 is 22.7 Å².